The summed E-state index contributed by atoms with van der Waals surface area (Å²) in [5, 5.41) is 2.81. The van der Waals surface area contributed by atoms with E-state index in [2.05, 4.69) is 21.2 Å². The maximum Gasteiger partial charge on any atom is 0.259 e. The molecule has 1 heterocycles. The zero-order chi connectivity index (χ0) is 14.8. The van der Waals surface area contributed by atoms with Crippen LogP contribution in [0.4, 0.5) is 5.69 Å². The van der Waals surface area contributed by atoms with E-state index in [0.29, 0.717) is 28.5 Å². The van der Waals surface area contributed by atoms with E-state index in [0.717, 1.165) is 4.47 Å². The molecular formula is C15H12BrNO4. The molecule has 0 aliphatic carbocycles. The monoisotopic (exact) mass is 349 g/mol. The van der Waals surface area contributed by atoms with E-state index in [1.165, 1.54) is 7.11 Å². The smallest absolute Gasteiger partial charge is 0.259 e. The molecule has 0 unspecified atom stereocenters. The van der Waals surface area contributed by atoms with E-state index in [4.69, 9.17) is 14.2 Å². The molecule has 1 N–H and O–H groups in total. The van der Waals surface area contributed by atoms with Gasteiger partial charge >= 0.3 is 0 Å². The van der Waals surface area contributed by atoms with E-state index >= 15 is 0 Å². The number of rotatable bonds is 3. The van der Waals surface area contributed by atoms with Crippen molar-refractivity contribution < 1.29 is 19.0 Å². The summed E-state index contributed by atoms with van der Waals surface area (Å²) in [5.41, 5.74) is 1.08. The highest BCUT2D eigenvalue weighted by atomic mass is 79.9. The van der Waals surface area contributed by atoms with Gasteiger partial charge in [-0.3, -0.25) is 4.79 Å². The van der Waals surface area contributed by atoms with E-state index in [9.17, 15) is 4.79 Å². The molecular weight excluding hydrogens is 338 g/mol. The molecule has 0 atom stereocenters. The molecule has 1 amide bonds. The number of hydrogen-bond acceptors (Lipinski definition) is 4. The van der Waals surface area contributed by atoms with Crippen molar-refractivity contribution in [1.29, 1.82) is 0 Å². The number of amides is 1. The van der Waals surface area contributed by atoms with E-state index < -0.39 is 0 Å². The van der Waals surface area contributed by atoms with Gasteiger partial charge in [-0.25, -0.2) is 0 Å². The molecule has 21 heavy (non-hydrogen) atoms. The van der Waals surface area contributed by atoms with Crippen LogP contribution in [-0.4, -0.2) is 19.8 Å². The number of methoxy groups -OCH3 is 1. The maximum atomic E-state index is 12.4. The highest BCUT2D eigenvalue weighted by molar-refractivity contribution is 9.10. The molecule has 1 aliphatic heterocycles. The fraction of sp³-hybridized carbons (Fsp3) is 0.133. The van der Waals surface area contributed by atoms with Crippen LogP contribution in [0.15, 0.2) is 40.9 Å². The lowest BCUT2D eigenvalue weighted by molar-refractivity contribution is 0.102. The van der Waals surface area contributed by atoms with Crippen LogP contribution in [0.2, 0.25) is 0 Å². The predicted octanol–water partition coefficient (Wildman–Crippen LogP) is 3.44. The lowest BCUT2D eigenvalue weighted by Gasteiger charge is -2.10. The molecule has 6 heteroatoms. The lowest BCUT2D eigenvalue weighted by Crippen LogP contribution is -2.13. The van der Waals surface area contributed by atoms with Crippen LogP contribution in [0, 0.1) is 0 Å². The Balaban J connectivity index is 1.85. The van der Waals surface area contributed by atoms with Crippen LogP contribution in [0.5, 0.6) is 17.2 Å². The van der Waals surface area contributed by atoms with Crippen LogP contribution < -0.4 is 19.5 Å². The minimum absolute atomic E-state index is 0.201. The quantitative estimate of drug-likeness (QED) is 0.922. The number of carbonyl (C=O) groups is 1. The standard InChI is InChI=1S/C15H12BrNO4/c1-19-12-4-2-9(16)6-11(12)15(18)17-10-3-5-13-14(7-10)21-8-20-13/h2-7H,8H2,1H3,(H,17,18). The normalized spacial score (nSPS) is 12.1. The largest absolute Gasteiger partial charge is 0.496 e. The molecule has 0 radical (unpaired) electrons. The van der Waals surface area contributed by atoms with Gasteiger partial charge in [-0.05, 0) is 30.3 Å². The SMILES string of the molecule is COc1ccc(Br)cc1C(=O)Nc1ccc2c(c1)OCO2. The summed E-state index contributed by atoms with van der Waals surface area (Å²) in [6.45, 7) is 0.201. The van der Waals surface area contributed by atoms with Gasteiger partial charge in [0.05, 0.1) is 12.7 Å². The summed E-state index contributed by atoms with van der Waals surface area (Å²) < 4.78 is 16.5. The second-order valence-electron chi connectivity index (χ2n) is 4.37. The third kappa shape index (κ3) is 2.80. The van der Waals surface area contributed by atoms with Gasteiger partial charge < -0.3 is 19.5 Å². The topological polar surface area (TPSA) is 56.8 Å². The Labute approximate surface area is 129 Å². The average molecular weight is 350 g/mol. The van der Waals surface area contributed by atoms with Gasteiger partial charge in [0.25, 0.3) is 5.91 Å². The molecule has 2 aromatic carbocycles. The van der Waals surface area contributed by atoms with Gasteiger partial charge in [-0.2, -0.15) is 0 Å². The van der Waals surface area contributed by atoms with Crippen LogP contribution in [-0.2, 0) is 0 Å². The van der Waals surface area contributed by atoms with E-state index in [-0.39, 0.29) is 12.7 Å². The summed E-state index contributed by atoms with van der Waals surface area (Å²) in [5.74, 6) is 1.55. The number of ether oxygens (including phenoxy) is 3. The zero-order valence-corrected chi connectivity index (χ0v) is 12.8. The van der Waals surface area contributed by atoms with Crippen molar-refractivity contribution in [3.05, 3.63) is 46.4 Å². The van der Waals surface area contributed by atoms with Gasteiger partial charge in [0.2, 0.25) is 6.79 Å². The number of carbonyl (C=O) groups excluding carboxylic acids is 1. The average Bonchev–Trinajstić information content (AvgIpc) is 2.94. The van der Waals surface area contributed by atoms with Gasteiger partial charge in [0, 0.05) is 16.2 Å². The van der Waals surface area contributed by atoms with Crippen LogP contribution >= 0.6 is 15.9 Å². The van der Waals surface area contributed by atoms with Gasteiger partial charge in [0.15, 0.2) is 11.5 Å². The summed E-state index contributed by atoms with van der Waals surface area (Å²) in [6, 6.07) is 10.5. The Morgan fingerprint density at radius 3 is 2.81 bits per heavy atom. The molecule has 0 aromatic heterocycles. The highest BCUT2D eigenvalue weighted by Crippen LogP contribution is 2.34. The molecule has 0 spiro atoms. The molecule has 2 aromatic rings. The van der Waals surface area contributed by atoms with Crippen LogP contribution in [0.1, 0.15) is 10.4 Å². The summed E-state index contributed by atoms with van der Waals surface area (Å²) in [7, 11) is 1.53. The summed E-state index contributed by atoms with van der Waals surface area (Å²) >= 11 is 3.35. The highest BCUT2D eigenvalue weighted by Gasteiger charge is 2.16. The fourth-order valence-electron chi connectivity index (χ4n) is 2.03. The van der Waals surface area contributed by atoms with Crippen molar-refractivity contribution in [2.24, 2.45) is 0 Å². The Morgan fingerprint density at radius 1 is 1.19 bits per heavy atom. The second kappa shape index (κ2) is 5.65. The summed E-state index contributed by atoms with van der Waals surface area (Å²) in [4.78, 5) is 12.4. The van der Waals surface area contributed by atoms with Crippen molar-refractivity contribution in [2.75, 3.05) is 19.2 Å². The van der Waals surface area contributed by atoms with Gasteiger partial charge in [-0.15, -0.1) is 0 Å². The molecule has 108 valence electrons. The predicted molar refractivity (Wildman–Crippen MR) is 81.2 cm³/mol. The minimum atomic E-state index is -0.257. The van der Waals surface area contributed by atoms with E-state index in [1.807, 2.05) is 6.07 Å². The number of anilines is 1. The Morgan fingerprint density at radius 2 is 2.00 bits per heavy atom. The van der Waals surface area contributed by atoms with Gasteiger partial charge in [0.1, 0.15) is 5.75 Å². The van der Waals surface area contributed by atoms with Crippen LogP contribution in [0.25, 0.3) is 0 Å². The number of halogens is 1. The number of benzene rings is 2. The molecule has 0 saturated heterocycles. The Bertz CT molecular complexity index is 702. The first-order valence-corrected chi connectivity index (χ1v) is 7.01. The van der Waals surface area contributed by atoms with Gasteiger partial charge in [-0.1, -0.05) is 15.9 Å². The summed E-state index contributed by atoms with van der Waals surface area (Å²) in [6.07, 6.45) is 0. The Kier molecular flexibility index (Phi) is 3.70. The van der Waals surface area contributed by atoms with Crippen molar-refractivity contribution in [1.82, 2.24) is 0 Å². The van der Waals surface area contributed by atoms with Crippen molar-refractivity contribution >= 4 is 27.5 Å². The second-order valence-corrected chi connectivity index (χ2v) is 5.28. The number of hydrogen-bond donors (Lipinski definition) is 1. The van der Waals surface area contributed by atoms with Crippen molar-refractivity contribution in [3.63, 3.8) is 0 Å². The molecule has 1 aliphatic rings. The molecule has 3 rings (SSSR count). The zero-order valence-electron chi connectivity index (χ0n) is 11.2. The first-order chi connectivity index (χ1) is 10.2. The first kappa shape index (κ1) is 13.8. The van der Waals surface area contributed by atoms with Crippen molar-refractivity contribution in [2.45, 2.75) is 0 Å². The molecule has 0 fully saturated rings. The number of fused-ring (bicyclic) bond motifs is 1. The third-order valence-corrected chi connectivity index (χ3v) is 3.53. The molecule has 5 nitrogen and oxygen atoms in total. The van der Waals surface area contributed by atoms with Crippen molar-refractivity contribution in [3.8, 4) is 17.2 Å². The minimum Gasteiger partial charge on any atom is -0.496 e. The molecule has 0 saturated carbocycles. The maximum absolute atomic E-state index is 12.4. The molecule has 0 bridgehead atoms. The Hall–Kier alpha value is -2.21. The lowest BCUT2D eigenvalue weighted by atomic mass is 10.2. The third-order valence-electron chi connectivity index (χ3n) is 3.04. The fourth-order valence-corrected chi connectivity index (χ4v) is 2.39. The number of nitrogens with one attached hydrogen (secondary N) is 1. The van der Waals surface area contributed by atoms with Crippen LogP contribution in [0.3, 0.4) is 0 Å². The van der Waals surface area contributed by atoms with E-state index in [1.54, 1.807) is 30.3 Å². The first-order valence-electron chi connectivity index (χ1n) is 6.22.